The summed E-state index contributed by atoms with van der Waals surface area (Å²) in [5, 5.41) is 0.739. The Kier molecular flexibility index (Phi) is 5.61. The van der Waals surface area contributed by atoms with E-state index in [0.29, 0.717) is 43.7 Å². The number of aromatic nitrogens is 1. The van der Waals surface area contributed by atoms with Crippen molar-refractivity contribution in [1.29, 1.82) is 0 Å². The predicted octanol–water partition coefficient (Wildman–Crippen LogP) is 3.15. The molecule has 29 heavy (non-hydrogen) atoms. The summed E-state index contributed by atoms with van der Waals surface area (Å²) in [5.41, 5.74) is 1.15. The zero-order valence-electron chi connectivity index (χ0n) is 16.6. The summed E-state index contributed by atoms with van der Waals surface area (Å²) in [6.07, 6.45) is 0. The molecule has 0 amide bonds. The topological polar surface area (TPSA) is 62.6 Å². The molecule has 1 aliphatic rings. The molecule has 0 aliphatic carbocycles. The van der Waals surface area contributed by atoms with E-state index in [1.54, 1.807) is 20.4 Å². The van der Waals surface area contributed by atoms with Crippen molar-refractivity contribution in [3.8, 4) is 0 Å². The van der Waals surface area contributed by atoms with Crippen LogP contribution >= 0.6 is 11.5 Å². The van der Waals surface area contributed by atoms with E-state index < -0.39 is 10.0 Å². The van der Waals surface area contributed by atoms with Gasteiger partial charge in [-0.3, -0.25) is 9.69 Å². The van der Waals surface area contributed by atoms with Gasteiger partial charge in [-0.25, -0.2) is 12.4 Å². The largest absolute Gasteiger partial charge is 0.282 e. The molecule has 1 aliphatic heterocycles. The molecule has 0 bridgehead atoms. The molecule has 1 saturated heterocycles. The maximum Gasteiger partial charge on any atom is 0.269 e. The van der Waals surface area contributed by atoms with Crippen molar-refractivity contribution >= 4 is 31.6 Å². The SMILES string of the molecule is CC(C)c1ccc(S(=O)(=O)N2CCN(Cn3sc4ccccc4c3=O)CC2)cc1. The number of sulfonamides is 1. The first-order valence-electron chi connectivity index (χ1n) is 9.77. The molecule has 0 N–H and O–H groups in total. The molecule has 1 aromatic heterocycles. The van der Waals surface area contributed by atoms with Crippen molar-refractivity contribution < 1.29 is 8.42 Å². The number of nitrogens with zero attached hydrogens (tertiary/aromatic N) is 3. The van der Waals surface area contributed by atoms with E-state index in [0.717, 1.165) is 15.6 Å². The van der Waals surface area contributed by atoms with Crippen LogP contribution in [0.5, 0.6) is 0 Å². The first-order chi connectivity index (χ1) is 13.9. The lowest BCUT2D eigenvalue weighted by molar-refractivity contribution is 0.156. The monoisotopic (exact) mass is 431 g/mol. The van der Waals surface area contributed by atoms with E-state index in [4.69, 9.17) is 0 Å². The maximum absolute atomic E-state index is 13.0. The van der Waals surface area contributed by atoms with Gasteiger partial charge in [-0.05, 0) is 35.7 Å². The van der Waals surface area contributed by atoms with Crippen molar-refractivity contribution in [2.24, 2.45) is 0 Å². The smallest absolute Gasteiger partial charge is 0.269 e. The Morgan fingerprint density at radius 2 is 1.62 bits per heavy atom. The van der Waals surface area contributed by atoms with Crippen LogP contribution in [0.4, 0.5) is 0 Å². The molecule has 0 atom stereocenters. The number of hydrogen-bond acceptors (Lipinski definition) is 5. The molecule has 154 valence electrons. The quantitative estimate of drug-likeness (QED) is 0.623. The molecule has 1 fully saturated rings. The molecule has 0 spiro atoms. The zero-order valence-corrected chi connectivity index (χ0v) is 18.2. The van der Waals surface area contributed by atoms with Crippen LogP contribution in [-0.2, 0) is 16.7 Å². The standard InChI is InChI=1S/C21H25N3O3S2/c1-16(2)17-7-9-18(10-8-17)29(26,27)23-13-11-22(12-14-23)15-24-21(25)19-5-3-4-6-20(19)28-24/h3-10,16H,11-15H2,1-2H3. The van der Waals surface area contributed by atoms with Crippen molar-refractivity contribution in [2.45, 2.75) is 31.3 Å². The Labute approximate surface area is 175 Å². The number of rotatable bonds is 5. The van der Waals surface area contributed by atoms with Gasteiger partial charge in [0.1, 0.15) is 0 Å². The first-order valence-corrected chi connectivity index (χ1v) is 12.0. The second-order valence-corrected chi connectivity index (χ2v) is 10.7. The van der Waals surface area contributed by atoms with Crippen LogP contribution in [0.2, 0.25) is 0 Å². The molecular weight excluding hydrogens is 406 g/mol. The van der Waals surface area contributed by atoms with Crippen LogP contribution in [-0.4, -0.2) is 47.8 Å². The third-order valence-corrected chi connectivity index (χ3v) is 8.36. The molecule has 2 aromatic carbocycles. The van der Waals surface area contributed by atoms with Crippen molar-refractivity contribution in [3.63, 3.8) is 0 Å². The van der Waals surface area contributed by atoms with E-state index in [2.05, 4.69) is 18.7 Å². The highest BCUT2D eigenvalue weighted by molar-refractivity contribution is 7.89. The summed E-state index contributed by atoms with van der Waals surface area (Å²) in [7, 11) is -3.49. The normalized spacial score (nSPS) is 16.7. The second-order valence-electron chi connectivity index (χ2n) is 7.66. The van der Waals surface area contributed by atoms with Gasteiger partial charge in [0.15, 0.2) is 0 Å². The van der Waals surface area contributed by atoms with Crippen molar-refractivity contribution in [3.05, 3.63) is 64.4 Å². The fraction of sp³-hybridized carbons (Fsp3) is 0.381. The summed E-state index contributed by atoms with van der Waals surface area (Å²) in [6.45, 7) is 6.72. The second kappa shape index (κ2) is 8.02. The lowest BCUT2D eigenvalue weighted by Gasteiger charge is -2.33. The Bertz CT molecular complexity index is 1160. The van der Waals surface area contributed by atoms with E-state index >= 15 is 0 Å². The highest BCUT2D eigenvalue weighted by Gasteiger charge is 2.28. The van der Waals surface area contributed by atoms with Gasteiger partial charge in [0.25, 0.3) is 5.56 Å². The van der Waals surface area contributed by atoms with E-state index in [1.807, 2.05) is 36.4 Å². The van der Waals surface area contributed by atoms with Gasteiger partial charge >= 0.3 is 0 Å². The highest BCUT2D eigenvalue weighted by Crippen LogP contribution is 2.22. The molecule has 3 aromatic rings. The van der Waals surface area contributed by atoms with Gasteiger partial charge in [0, 0.05) is 26.2 Å². The molecule has 8 heteroatoms. The Morgan fingerprint density at radius 1 is 0.966 bits per heavy atom. The fourth-order valence-corrected chi connectivity index (χ4v) is 6.03. The predicted molar refractivity (Wildman–Crippen MR) is 117 cm³/mol. The average molecular weight is 432 g/mol. The minimum absolute atomic E-state index is 0.0193. The van der Waals surface area contributed by atoms with Gasteiger partial charge < -0.3 is 0 Å². The van der Waals surface area contributed by atoms with Crippen LogP contribution < -0.4 is 5.56 Å². The average Bonchev–Trinajstić information content (AvgIpc) is 3.04. The first kappa shape index (κ1) is 20.3. The van der Waals surface area contributed by atoms with E-state index in [9.17, 15) is 13.2 Å². The molecular formula is C21H25N3O3S2. The van der Waals surface area contributed by atoms with Gasteiger partial charge in [-0.1, -0.05) is 49.6 Å². The summed E-state index contributed by atoms with van der Waals surface area (Å²) >= 11 is 1.45. The molecule has 4 rings (SSSR count). The van der Waals surface area contributed by atoms with Crippen molar-refractivity contribution in [1.82, 2.24) is 13.2 Å². The highest BCUT2D eigenvalue weighted by atomic mass is 32.2. The Morgan fingerprint density at radius 3 is 2.24 bits per heavy atom. The minimum Gasteiger partial charge on any atom is -0.282 e. The number of benzene rings is 2. The van der Waals surface area contributed by atoms with E-state index in [1.165, 1.54) is 11.5 Å². The molecule has 0 unspecified atom stereocenters. The lowest BCUT2D eigenvalue weighted by atomic mass is 10.0. The molecule has 0 radical (unpaired) electrons. The molecule has 6 nitrogen and oxygen atoms in total. The van der Waals surface area contributed by atoms with Gasteiger partial charge in [0.05, 0.1) is 21.7 Å². The Hall–Kier alpha value is -2.00. The van der Waals surface area contributed by atoms with Crippen LogP contribution in [0.1, 0.15) is 25.3 Å². The minimum atomic E-state index is -3.49. The van der Waals surface area contributed by atoms with E-state index in [-0.39, 0.29) is 5.56 Å². The maximum atomic E-state index is 13.0. The van der Waals surface area contributed by atoms with Gasteiger partial charge in [-0.2, -0.15) is 4.31 Å². The van der Waals surface area contributed by atoms with Crippen LogP contribution in [0, 0.1) is 0 Å². The number of fused-ring (bicyclic) bond motifs is 1. The van der Waals surface area contributed by atoms with Crippen LogP contribution in [0.3, 0.4) is 0 Å². The number of piperazine rings is 1. The summed E-state index contributed by atoms with van der Waals surface area (Å²) in [5.74, 6) is 0.368. The number of hydrogen-bond donors (Lipinski definition) is 0. The third kappa shape index (κ3) is 4.02. The Balaban J connectivity index is 1.43. The summed E-state index contributed by atoms with van der Waals surface area (Å²) < 4.78 is 30.2. The van der Waals surface area contributed by atoms with Crippen molar-refractivity contribution in [2.75, 3.05) is 26.2 Å². The van der Waals surface area contributed by atoms with Crippen LogP contribution in [0.25, 0.3) is 10.1 Å². The lowest BCUT2D eigenvalue weighted by Crippen LogP contribution is -2.49. The van der Waals surface area contributed by atoms with Crippen LogP contribution in [0.15, 0.2) is 58.2 Å². The zero-order chi connectivity index (χ0) is 20.6. The summed E-state index contributed by atoms with van der Waals surface area (Å²) in [4.78, 5) is 15.0. The van der Waals surface area contributed by atoms with Gasteiger partial charge in [-0.15, -0.1) is 0 Å². The third-order valence-electron chi connectivity index (χ3n) is 5.40. The fourth-order valence-electron chi connectivity index (χ4n) is 3.58. The molecule has 2 heterocycles. The summed E-state index contributed by atoms with van der Waals surface area (Å²) in [6, 6.07) is 14.8. The molecule has 0 saturated carbocycles. The van der Waals surface area contributed by atoms with Gasteiger partial charge in [0.2, 0.25) is 10.0 Å².